The lowest BCUT2D eigenvalue weighted by Crippen LogP contribution is -2.14. The van der Waals surface area contributed by atoms with Crippen molar-refractivity contribution in [3.8, 4) is 0 Å². The molecule has 3 aromatic carbocycles. The number of nitrogens with one attached hydrogen (secondary N) is 1. The summed E-state index contributed by atoms with van der Waals surface area (Å²) in [4.78, 5) is 0. The fourth-order valence-corrected chi connectivity index (χ4v) is 6.87. The highest BCUT2D eigenvalue weighted by atomic mass is 32.3. The second-order valence-corrected chi connectivity index (χ2v) is 10.6. The molecule has 1 N–H and O–H groups in total. The first-order chi connectivity index (χ1) is 13.4. The van der Waals surface area contributed by atoms with Crippen LogP contribution in [0, 0.1) is 0 Å². The van der Waals surface area contributed by atoms with Gasteiger partial charge in [0.05, 0.1) is 5.66 Å². The molecule has 0 heterocycles. The molecule has 0 aromatic heterocycles. The van der Waals surface area contributed by atoms with E-state index in [1.807, 2.05) is 24.3 Å². The van der Waals surface area contributed by atoms with Gasteiger partial charge in [0.25, 0.3) is 10.1 Å². The van der Waals surface area contributed by atoms with Gasteiger partial charge in [-0.25, -0.2) is 0 Å². The molecule has 0 aliphatic rings. The largest absolute Gasteiger partial charge is 0.315 e. The molecule has 2 atom stereocenters. The lowest BCUT2D eigenvalue weighted by molar-refractivity contribution is 0.455. The topological polar surface area (TPSA) is 72.5 Å². The SMILES string of the molecule is CC(c1ccccc1)P(=O)(Nc1ccccc1)[18O]S(=[18O])(=[18O])Cc1ccccc1. The lowest BCUT2D eigenvalue weighted by atomic mass is 10.2. The fourth-order valence-electron chi connectivity index (χ4n) is 2.77. The van der Waals surface area contributed by atoms with Crippen LogP contribution >= 0.6 is 7.52 Å². The summed E-state index contributed by atoms with van der Waals surface area (Å²) in [5.74, 6) is -0.351. The summed E-state index contributed by atoms with van der Waals surface area (Å²) in [6, 6.07) is 26.6. The maximum Gasteiger partial charge on any atom is 0.315 e. The third-order valence-corrected chi connectivity index (χ3v) is 8.63. The van der Waals surface area contributed by atoms with E-state index < -0.39 is 23.3 Å². The number of anilines is 1. The molecule has 0 radical (unpaired) electrons. The molecule has 7 heteroatoms. The number of rotatable bonds is 8. The van der Waals surface area contributed by atoms with Gasteiger partial charge in [-0.1, -0.05) is 78.9 Å². The zero-order valence-electron chi connectivity index (χ0n) is 15.4. The minimum absolute atomic E-state index is 0.351. The number of para-hydroxylation sites is 1. The Labute approximate surface area is 166 Å². The third kappa shape index (κ3) is 5.32. The Morgan fingerprint density at radius 2 is 1.39 bits per heavy atom. The average molecular weight is 421 g/mol. The highest BCUT2D eigenvalue weighted by Crippen LogP contribution is 2.60. The van der Waals surface area contributed by atoms with E-state index in [0.29, 0.717) is 11.3 Å². The van der Waals surface area contributed by atoms with Gasteiger partial charge < -0.3 is 5.09 Å². The highest BCUT2D eigenvalue weighted by Gasteiger charge is 2.37. The van der Waals surface area contributed by atoms with Gasteiger partial charge in [0.1, 0.15) is 5.75 Å². The van der Waals surface area contributed by atoms with Gasteiger partial charge in [0, 0.05) is 5.69 Å². The van der Waals surface area contributed by atoms with Crippen molar-refractivity contribution in [2.75, 3.05) is 5.09 Å². The van der Waals surface area contributed by atoms with Crippen LogP contribution in [0.5, 0.6) is 0 Å². The van der Waals surface area contributed by atoms with Crippen LogP contribution in [0.3, 0.4) is 0 Å². The number of hydrogen-bond acceptors (Lipinski definition) is 4. The summed E-state index contributed by atoms with van der Waals surface area (Å²) in [7, 11) is -7.94. The van der Waals surface area contributed by atoms with Crippen molar-refractivity contribution >= 4 is 23.3 Å². The monoisotopic (exact) mass is 421 g/mol. The van der Waals surface area contributed by atoms with Gasteiger partial charge in [0.15, 0.2) is 0 Å². The lowest BCUT2D eigenvalue weighted by Gasteiger charge is -2.26. The van der Waals surface area contributed by atoms with Crippen molar-refractivity contribution in [3.05, 3.63) is 102 Å². The molecule has 28 heavy (non-hydrogen) atoms. The Kier molecular flexibility index (Phi) is 6.35. The molecule has 146 valence electrons. The summed E-state index contributed by atoms with van der Waals surface area (Å²) < 4.78 is 44.6. The second-order valence-electron chi connectivity index (χ2n) is 6.42. The Morgan fingerprint density at radius 3 is 1.96 bits per heavy atom. The van der Waals surface area contributed by atoms with Crippen LogP contribution in [0.4, 0.5) is 5.69 Å². The molecule has 3 rings (SSSR count). The van der Waals surface area contributed by atoms with Crippen LogP contribution in [0.15, 0.2) is 91.0 Å². The van der Waals surface area contributed by atoms with E-state index in [-0.39, 0.29) is 5.75 Å². The number of benzene rings is 3. The molecule has 0 amide bonds. The molecular formula is C21H22NO4PS. The predicted octanol–water partition coefficient (Wildman–Crippen LogP) is 5.60. The van der Waals surface area contributed by atoms with E-state index in [1.54, 1.807) is 73.7 Å². The minimum atomic E-state index is -4.09. The Bertz CT molecular complexity index is 1040. The van der Waals surface area contributed by atoms with Crippen molar-refractivity contribution in [3.63, 3.8) is 0 Å². The van der Waals surface area contributed by atoms with Gasteiger partial charge in [-0.3, -0.25) is 4.57 Å². The maximum atomic E-state index is 13.8. The zero-order valence-corrected chi connectivity index (χ0v) is 17.1. The number of hydrogen-bond donors (Lipinski definition) is 1. The van der Waals surface area contributed by atoms with Crippen LogP contribution in [0.25, 0.3) is 0 Å². The van der Waals surface area contributed by atoms with E-state index in [0.717, 1.165) is 5.56 Å². The first-order valence-electron chi connectivity index (χ1n) is 8.84. The first-order valence-corrected chi connectivity index (χ1v) is 12.1. The van der Waals surface area contributed by atoms with E-state index >= 15 is 0 Å². The molecule has 0 fully saturated rings. The van der Waals surface area contributed by atoms with Crippen LogP contribution in [-0.4, -0.2) is 8.42 Å². The Morgan fingerprint density at radius 1 is 0.893 bits per heavy atom. The molecule has 0 bridgehead atoms. The van der Waals surface area contributed by atoms with Crippen molar-refractivity contribution in [1.29, 1.82) is 0 Å². The van der Waals surface area contributed by atoms with Crippen LogP contribution in [-0.2, 0) is 24.4 Å². The van der Waals surface area contributed by atoms with Gasteiger partial charge in [-0.2, -0.15) is 12.4 Å². The van der Waals surface area contributed by atoms with E-state index in [2.05, 4.69) is 5.09 Å². The molecule has 0 spiro atoms. The zero-order chi connectivity index (χ0) is 20.0. The van der Waals surface area contributed by atoms with Crippen molar-refractivity contribution in [1.82, 2.24) is 0 Å². The second kappa shape index (κ2) is 8.74. The Hall–Kier alpha value is -2.40. The molecule has 0 aliphatic heterocycles. The van der Waals surface area contributed by atoms with Crippen LogP contribution in [0.2, 0.25) is 0 Å². The van der Waals surface area contributed by atoms with E-state index in [9.17, 15) is 13.0 Å². The van der Waals surface area contributed by atoms with Gasteiger partial charge >= 0.3 is 7.52 Å². The van der Waals surface area contributed by atoms with Gasteiger partial charge in [0.2, 0.25) is 0 Å². The minimum Gasteiger partial charge on any atom is -0.314 e. The standard InChI is InChI=1S/C21H22NO4PS/c1-18(20-13-7-3-8-14-20)27(23,22-21-15-9-4-10-16-21)26-28(24,25)17-19-11-5-2-6-12-19/h2-16,18H,17H2,1H3,(H,22,23)/i24+2,25+2,26+2. The summed E-state index contributed by atoms with van der Waals surface area (Å²) in [6.45, 7) is 1.70. The van der Waals surface area contributed by atoms with Gasteiger partial charge in [-0.05, 0) is 30.2 Å². The molecule has 0 aliphatic carbocycles. The molecule has 3 aromatic rings. The van der Waals surface area contributed by atoms with Crippen molar-refractivity contribution in [2.24, 2.45) is 0 Å². The Balaban J connectivity index is 1.92. The van der Waals surface area contributed by atoms with Crippen LogP contribution < -0.4 is 5.09 Å². The average Bonchev–Trinajstić information content (AvgIpc) is 2.68. The van der Waals surface area contributed by atoms with Crippen LogP contribution in [0.1, 0.15) is 23.7 Å². The summed E-state index contributed by atoms with van der Waals surface area (Å²) in [5.41, 5.74) is 1.16. The third-order valence-electron chi connectivity index (χ3n) is 4.26. The first kappa shape index (κ1) is 20.3. The predicted molar refractivity (Wildman–Crippen MR) is 113 cm³/mol. The summed E-state index contributed by atoms with van der Waals surface area (Å²) in [5, 5.41) is 2.85. The van der Waals surface area contributed by atoms with E-state index in [4.69, 9.17) is 3.97 Å². The molecule has 5 nitrogen and oxygen atoms in total. The van der Waals surface area contributed by atoms with E-state index in [1.165, 1.54) is 0 Å². The van der Waals surface area contributed by atoms with Crippen molar-refractivity contribution in [2.45, 2.75) is 18.3 Å². The van der Waals surface area contributed by atoms with Crippen molar-refractivity contribution < 1.29 is 17.0 Å². The summed E-state index contributed by atoms with van der Waals surface area (Å²) >= 11 is 0. The molecule has 0 saturated carbocycles. The molecule has 0 saturated heterocycles. The normalized spacial score (nSPS) is 14.8. The quantitative estimate of drug-likeness (QED) is 0.379. The fraction of sp³-hybridized carbons (Fsp3) is 0.143. The smallest absolute Gasteiger partial charge is 0.314 e. The van der Waals surface area contributed by atoms with Gasteiger partial charge in [-0.15, -0.1) is 0 Å². The summed E-state index contributed by atoms with van der Waals surface area (Å²) in [6.07, 6.45) is 0. The maximum absolute atomic E-state index is 13.8. The molecule has 2 unspecified atom stereocenters. The highest BCUT2D eigenvalue weighted by molar-refractivity contribution is 7.91. The molecular weight excluding hydrogens is 399 g/mol.